The van der Waals surface area contributed by atoms with Gasteiger partial charge in [0.25, 0.3) is 5.56 Å². The molecule has 5 aromatic rings. The molecule has 0 radical (unpaired) electrons. The number of hydrogen-bond acceptors (Lipinski definition) is 4. The van der Waals surface area contributed by atoms with Gasteiger partial charge in [-0.2, -0.15) is 15.0 Å². The van der Waals surface area contributed by atoms with Crippen molar-refractivity contribution in [2.75, 3.05) is 0 Å². The third-order valence-electron chi connectivity index (χ3n) is 5.60. The fraction of sp³-hybridized carbons (Fsp3) is 0.0769. The van der Waals surface area contributed by atoms with E-state index in [1.807, 2.05) is 84.3 Å². The minimum Gasteiger partial charge on any atom is -0.330 e. The van der Waals surface area contributed by atoms with Crippen LogP contribution in [-0.4, -0.2) is 20.4 Å². The van der Waals surface area contributed by atoms with Gasteiger partial charge in [-0.15, -0.1) is 0 Å². The topological polar surface area (TPSA) is 76.0 Å². The van der Waals surface area contributed by atoms with Crippen LogP contribution in [0.4, 0.5) is 0 Å². The van der Waals surface area contributed by atoms with E-state index in [0.29, 0.717) is 16.7 Å². The average molecular weight is 417 g/mol. The van der Waals surface area contributed by atoms with E-state index in [4.69, 9.17) is 4.98 Å². The summed E-state index contributed by atoms with van der Waals surface area (Å²) in [5.74, 6) is 0.476. The molecule has 2 aromatic heterocycles. The van der Waals surface area contributed by atoms with Crippen molar-refractivity contribution < 1.29 is 0 Å². The Morgan fingerprint density at radius 2 is 1.66 bits per heavy atom. The maximum Gasteiger partial charge on any atom is 0.282 e. The van der Waals surface area contributed by atoms with Crippen LogP contribution >= 0.6 is 0 Å². The Labute approximate surface area is 184 Å². The summed E-state index contributed by atoms with van der Waals surface area (Å²) in [7, 11) is 0. The predicted molar refractivity (Wildman–Crippen MR) is 127 cm³/mol. The second-order valence-corrected chi connectivity index (χ2v) is 7.44. The Morgan fingerprint density at radius 3 is 2.44 bits per heavy atom. The average Bonchev–Trinajstić information content (AvgIpc) is 3.10. The zero-order chi connectivity index (χ0) is 22.1. The maximum absolute atomic E-state index is 13.4. The van der Waals surface area contributed by atoms with E-state index >= 15 is 0 Å². The smallest absolute Gasteiger partial charge is 0.282 e. The van der Waals surface area contributed by atoms with Crippen molar-refractivity contribution in [3.8, 4) is 17.5 Å². The third-order valence-corrected chi connectivity index (χ3v) is 5.60. The van der Waals surface area contributed by atoms with Crippen LogP contribution in [0.3, 0.4) is 0 Å². The van der Waals surface area contributed by atoms with Gasteiger partial charge in [-0.1, -0.05) is 60.7 Å². The minimum atomic E-state index is -0.232. The van der Waals surface area contributed by atoms with E-state index in [-0.39, 0.29) is 12.1 Å². The van der Waals surface area contributed by atoms with Crippen LogP contribution < -0.4 is 5.56 Å². The molecule has 154 valence electrons. The molecule has 0 aliphatic heterocycles. The van der Waals surface area contributed by atoms with Crippen LogP contribution in [0.2, 0.25) is 0 Å². The Hall–Kier alpha value is -4.50. The zero-order valence-corrected chi connectivity index (χ0v) is 17.4. The molecule has 0 N–H and O–H groups in total. The number of fused-ring (bicyclic) bond motifs is 2. The molecule has 0 unspecified atom stereocenters. The molecular weight excluding hydrogens is 398 g/mol. The first-order valence-corrected chi connectivity index (χ1v) is 10.3. The van der Waals surface area contributed by atoms with Crippen LogP contribution in [0, 0.1) is 18.3 Å². The molecule has 0 aliphatic carbocycles. The lowest BCUT2D eigenvalue weighted by atomic mass is 10.1. The van der Waals surface area contributed by atoms with E-state index in [2.05, 4.69) is 11.2 Å². The molecule has 0 atom stereocenters. The summed E-state index contributed by atoms with van der Waals surface area (Å²) in [6.07, 6.45) is 1.69. The Balaban J connectivity index is 1.75. The molecule has 3 aromatic carbocycles. The molecular formula is C26H19N5O. The first-order valence-electron chi connectivity index (χ1n) is 10.3. The fourth-order valence-electron chi connectivity index (χ4n) is 4.02. The Morgan fingerprint density at radius 1 is 0.969 bits per heavy atom. The highest BCUT2D eigenvalue weighted by Gasteiger charge is 2.14. The molecule has 2 heterocycles. The minimum absolute atomic E-state index is 0.232. The van der Waals surface area contributed by atoms with Crippen molar-refractivity contribution in [2.24, 2.45) is 5.10 Å². The monoisotopic (exact) mass is 417 g/mol. The molecule has 6 nitrogen and oxygen atoms in total. The lowest BCUT2D eigenvalue weighted by Crippen LogP contribution is -2.20. The van der Waals surface area contributed by atoms with Crippen LogP contribution in [0.25, 0.3) is 33.2 Å². The number of aromatic nitrogens is 3. The summed E-state index contributed by atoms with van der Waals surface area (Å²) in [6.45, 7) is 2.20. The molecule has 0 amide bonds. The first kappa shape index (κ1) is 19.5. The highest BCUT2D eigenvalue weighted by atomic mass is 16.1. The Kier molecular flexibility index (Phi) is 4.85. The maximum atomic E-state index is 13.4. The lowest BCUT2D eigenvalue weighted by molar-refractivity contribution is 0.825. The number of para-hydroxylation sites is 2. The largest absolute Gasteiger partial charge is 0.330 e. The van der Waals surface area contributed by atoms with Gasteiger partial charge < -0.3 is 4.57 Å². The van der Waals surface area contributed by atoms with Gasteiger partial charge in [-0.3, -0.25) is 4.79 Å². The van der Waals surface area contributed by atoms with Gasteiger partial charge in [-0.05, 0) is 25.1 Å². The SMILES string of the molecule is Cc1c(C=Nn2c(-c3ccccc3)nc3ccccc3c2=O)c2ccccc2n1CC#N. The van der Waals surface area contributed by atoms with E-state index < -0.39 is 0 Å². The molecule has 32 heavy (non-hydrogen) atoms. The summed E-state index contributed by atoms with van der Waals surface area (Å²) in [4.78, 5) is 18.1. The summed E-state index contributed by atoms with van der Waals surface area (Å²) in [5, 5.41) is 15.4. The molecule has 6 heteroatoms. The van der Waals surface area contributed by atoms with Crippen LogP contribution in [0.15, 0.2) is 88.8 Å². The second kappa shape index (κ2) is 7.97. The van der Waals surface area contributed by atoms with Gasteiger partial charge in [0, 0.05) is 27.7 Å². The van der Waals surface area contributed by atoms with E-state index in [1.165, 1.54) is 4.68 Å². The standard InChI is InChI=1S/C26H19N5O/c1-18-22(20-11-6-8-14-24(20)30(18)16-15-27)17-28-31-25(19-9-3-2-4-10-19)29-23-13-7-5-12-21(23)26(31)32/h2-14,17H,16H2,1H3. The normalized spacial score (nSPS) is 11.4. The first-order chi connectivity index (χ1) is 15.7. The number of hydrogen-bond donors (Lipinski definition) is 0. The van der Waals surface area contributed by atoms with Crippen molar-refractivity contribution in [2.45, 2.75) is 13.5 Å². The van der Waals surface area contributed by atoms with Gasteiger partial charge in [0.2, 0.25) is 0 Å². The van der Waals surface area contributed by atoms with Gasteiger partial charge in [0.1, 0.15) is 6.54 Å². The van der Waals surface area contributed by atoms with Crippen molar-refractivity contribution in [3.63, 3.8) is 0 Å². The summed E-state index contributed by atoms with van der Waals surface area (Å²) < 4.78 is 3.31. The molecule has 0 bridgehead atoms. The molecule has 0 spiro atoms. The van der Waals surface area contributed by atoms with Gasteiger partial charge in [0.15, 0.2) is 5.82 Å². The molecule has 0 fully saturated rings. The number of nitriles is 1. The number of nitrogens with zero attached hydrogens (tertiary/aromatic N) is 5. The second-order valence-electron chi connectivity index (χ2n) is 7.44. The van der Waals surface area contributed by atoms with E-state index in [1.54, 1.807) is 12.3 Å². The van der Waals surface area contributed by atoms with Crippen molar-refractivity contribution in [1.29, 1.82) is 5.26 Å². The predicted octanol–water partition coefficient (Wildman–Crippen LogP) is 4.73. The van der Waals surface area contributed by atoms with Crippen molar-refractivity contribution in [3.05, 3.63) is 100 Å². The fourth-order valence-corrected chi connectivity index (χ4v) is 4.02. The Bertz CT molecular complexity index is 1590. The number of rotatable bonds is 4. The highest BCUT2D eigenvalue weighted by Crippen LogP contribution is 2.25. The quantitative estimate of drug-likeness (QED) is 0.397. The summed E-state index contributed by atoms with van der Waals surface area (Å²) in [6, 6.07) is 26.9. The van der Waals surface area contributed by atoms with Crippen molar-refractivity contribution >= 4 is 28.0 Å². The van der Waals surface area contributed by atoms with Crippen LogP contribution in [0.5, 0.6) is 0 Å². The van der Waals surface area contributed by atoms with E-state index in [0.717, 1.165) is 27.7 Å². The molecule has 5 rings (SSSR count). The van der Waals surface area contributed by atoms with Gasteiger partial charge >= 0.3 is 0 Å². The highest BCUT2D eigenvalue weighted by molar-refractivity contribution is 6.01. The van der Waals surface area contributed by atoms with Gasteiger partial charge in [-0.25, -0.2) is 4.98 Å². The molecule has 0 saturated heterocycles. The third kappa shape index (κ3) is 3.17. The molecule has 0 aliphatic rings. The van der Waals surface area contributed by atoms with Gasteiger partial charge in [0.05, 0.1) is 23.2 Å². The lowest BCUT2D eigenvalue weighted by Gasteiger charge is -2.09. The summed E-state index contributed by atoms with van der Waals surface area (Å²) in [5.41, 5.74) is 3.94. The van der Waals surface area contributed by atoms with Crippen LogP contribution in [-0.2, 0) is 6.54 Å². The molecule has 0 saturated carbocycles. The van der Waals surface area contributed by atoms with Crippen LogP contribution in [0.1, 0.15) is 11.3 Å². The zero-order valence-electron chi connectivity index (χ0n) is 17.4. The number of benzene rings is 3. The summed E-state index contributed by atoms with van der Waals surface area (Å²) >= 11 is 0. The van der Waals surface area contributed by atoms with Crippen molar-refractivity contribution in [1.82, 2.24) is 14.2 Å². The van der Waals surface area contributed by atoms with E-state index in [9.17, 15) is 10.1 Å².